The van der Waals surface area contributed by atoms with Crippen LogP contribution in [0.25, 0.3) is 11.1 Å². The fourth-order valence-corrected chi connectivity index (χ4v) is 5.26. The van der Waals surface area contributed by atoms with Gasteiger partial charge in [-0.2, -0.15) is 0 Å². The van der Waals surface area contributed by atoms with Gasteiger partial charge in [-0.25, -0.2) is 0 Å². The summed E-state index contributed by atoms with van der Waals surface area (Å²) in [5.41, 5.74) is 3.49. The summed E-state index contributed by atoms with van der Waals surface area (Å²) in [4.78, 5) is 0. The summed E-state index contributed by atoms with van der Waals surface area (Å²) in [6.45, 7) is 0. The van der Waals surface area contributed by atoms with Crippen molar-refractivity contribution in [3.05, 3.63) is 53.1 Å². The molecule has 0 bridgehead atoms. The number of hydrogen-bond acceptors (Lipinski definition) is 1. The monoisotopic (exact) mass is 544 g/mol. The van der Waals surface area contributed by atoms with Crippen LogP contribution in [0.3, 0.4) is 0 Å². The lowest BCUT2D eigenvalue weighted by Gasteiger charge is -2.44. The van der Waals surface area contributed by atoms with Crippen LogP contribution >= 0.6 is 104 Å². The third-order valence-corrected chi connectivity index (χ3v) is 9.89. The lowest BCUT2D eigenvalue weighted by Crippen LogP contribution is -2.54. The molecule has 2 aromatic carbocycles. The van der Waals surface area contributed by atoms with Crippen LogP contribution in [-0.4, -0.2) is 17.6 Å². The van der Waals surface area contributed by atoms with Gasteiger partial charge in [0.2, 0.25) is 8.13 Å². The van der Waals surface area contributed by atoms with E-state index in [1.54, 1.807) is 6.07 Å². The van der Waals surface area contributed by atoms with Crippen molar-refractivity contribution < 1.29 is 5.11 Å². The zero-order chi connectivity index (χ0) is 20.4. The number of phenols is 1. The van der Waals surface area contributed by atoms with Gasteiger partial charge in [-0.3, -0.25) is 0 Å². The number of aromatic hydroxyl groups is 1. The van der Waals surface area contributed by atoms with E-state index in [0.717, 1.165) is 16.7 Å². The molecule has 0 saturated carbocycles. The second kappa shape index (κ2) is 7.22. The summed E-state index contributed by atoms with van der Waals surface area (Å²) < 4.78 is -9.41. The van der Waals surface area contributed by atoms with Gasteiger partial charge in [0.25, 0.3) is 0 Å². The van der Waals surface area contributed by atoms with Gasteiger partial charge in [0, 0.05) is 17.5 Å². The highest BCUT2D eigenvalue weighted by molar-refractivity contribution is 6.80. The van der Waals surface area contributed by atoms with Crippen LogP contribution < -0.4 is 0 Å². The van der Waals surface area contributed by atoms with Crippen molar-refractivity contribution in [1.82, 2.24) is 0 Å². The van der Waals surface area contributed by atoms with E-state index in [4.69, 9.17) is 104 Å². The molecule has 1 aliphatic carbocycles. The van der Waals surface area contributed by atoms with Gasteiger partial charge < -0.3 is 5.11 Å². The number of phenolic OH excluding ortho intramolecular Hbond substituents is 1. The van der Waals surface area contributed by atoms with Crippen molar-refractivity contribution >= 4 is 104 Å². The maximum absolute atomic E-state index is 10.9. The molecule has 1 N–H and O–H groups in total. The number of alkyl halides is 9. The molecule has 0 atom stereocenters. The predicted octanol–water partition coefficient (Wildman–Crippen LogP) is 8.31. The molecule has 0 aliphatic heterocycles. The molecule has 0 fully saturated rings. The minimum Gasteiger partial charge on any atom is -0.507 e. The van der Waals surface area contributed by atoms with Crippen molar-refractivity contribution in [2.24, 2.45) is 0 Å². The SMILES string of the molecule is Oc1c(C(Cl)(Cl)C(Cl)(Cl)C(Cl)(Cl)C(Cl)(Cl)Cl)ccc2c1Cc1ccccc1-2. The van der Waals surface area contributed by atoms with E-state index in [1.807, 2.05) is 24.3 Å². The van der Waals surface area contributed by atoms with E-state index in [2.05, 4.69) is 0 Å². The lowest BCUT2D eigenvalue weighted by molar-refractivity contribution is 0.454. The minimum absolute atomic E-state index is 0.0117. The average molecular weight is 548 g/mol. The van der Waals surface area contributed by atoms with E-state index in [-0.39, 0.29) is 11.3 Å². The molecule has 0 saturated heterocycles. The average Bonchev–Trinajstić information content (AvgIpc) is 2.93. The minimum atomic E-state index is -2.42. The van der Waals surface area contributed by atoms with E-state index in [1.165, 1.54) is 6.07 Å². The fraction of sp³-hybridized carbons (Fsp3) is 0.294. The zero-order valence-electron chi connectivity index (χ0n) is 13.0. The normalized spacial score (nSPS) is 14.9. The Morgan fingerprint density at radius 3 is 1.89 bits per heavy atom. The topological polar surface area (TPSA) is 20.2 Å². The second-order valence-electron chi connectivity index (χ2n) is 6.04. The Labute approximate surface area is 201 Å². The highest BCUT2D eigenvalue weighted by atomic mass is 35.6. The van der Waals surface area contributed by atoms with Gasteiger partial charge in [-0.15, -0.1) is 0 Å². The second-order valence-corrected chi connectivity index (χ2v) is 12.3. The van der Waals surface area contributed by atoms with E-state index in [0.29, 0.717) is 12.0 Å². The summed E-state index contributed by atoms with van der Waals surface area (Å²) in [7, 11) is 0. The van der Waals surface area contributed by atoms with Crippen molar-refractivity contribution in [2.75, 3.05) is 0 Å². The summed E-state index contributed by atoms with van der Waals surface area (Å²) in [6, 6.07) is 11.0. The summed E-state index contributed by atoms with van der Waals surface area (Å²) in [5.74, 6) is -0.187. The van der Waals surface area contributed by atoms with Crippen molar-refractivity contribution in [3.63, 3.8) is 0 Å². The quantitative estimate of drug-likeness (QED) is 0.327. The van der Waals surface area contributed by atoms with E-state index < -0.39 is 16.8 Å². The molecule has 1 nitrogen and oxygen atoms in total. The predicted molar refractivity (Wildman–Crippen MR) is 119 cm³/mol. The maximum Gasteiger partial charge on any atom is 0.226 e. The Morgan fingerprint density at radius 1 is 0.704 bits per heavy atom. The summed E-state index contributed by atoms with van der Waals surface area (Å²) in [6.07, 6.45) is 0.476. The molecule has 0 spiro atoms. The Kier molecular flexibility index (Phi) is 6.03. The molecule has 146 valence electrons. The maximum atomic E-state index is 10.9. The van der Waals surface area contributed by atoms with Crippen LogP contribution in [-0.2, 0) is 10.8 Å². The molecule has 2 aromatic rings. The molecule has 0 unspecified atom stereocenters. The Morgan fingerprint density at radius 2 is 1.30 bits per heavy atom. The van der Waals surface area contributed by atoms with Gasteiger partial charge in [0.05, 0.1) is 0 Å². The molecular weight excluding hydrogens is 539 g/mol. The Balaban J connectivity index is 2.13. The van der Waals surface area contributed by atoms with Gasteiger partial charge in [0.15, 0.2) is 8.67 Å². The van der Waals surface area contributed by atoms with Crippen LogP contribution in [0.2, 0.25) is 0 Å². The third kappa shape index (κ3) is 3.40. The molecule has 27 heavy (non-hydrogen) atoms. The van der Waals surface area contributed by atoms with E-state index >= 15 is 0 Å². The van der Waals surface area contributed by atoms with E-state index in [9.17, 15) is 5.11 Å². The highest BCUT2D eigenvalue weighted by Crippen LogP contribution is 2.66. The lowest BCUT2D eigenvalue weighted by atomic mass is 9.97. The van der Waals surface area contributed by atoms with Crippen LogP contribution in [0.15, 0.2) is 36.4 Å². The molecule has 3 rings (SSSR count). The van der Waals surface area contributed by atoms with Crippen LogP contribution in [0.1, 0.15) is 16.7 Å². The number of hydrogen-bond donors (Lipinski definition) is 1. The zero-order valence-corrected chi connectivity index (χ0v) is 19.8. The number of rotatable bonds is 3. The molecule has 0 radical (unpaired) electrons. The first kappa shape index (κ1) is 22.5. The van der Waals surface area contributed by atoms with Crippen molar-refractivity contribution in [2.45, 2.75) is 23.2 Å². The van der Waals surface area contributed by atoms with Crippen LogP contribution in [0, 0.1) is 0 Å². The van der Waals surface area contributed by atoms with Crippen LogP contribution in [0.4, 0.5) is 0 Å². The largest absolute Gasteiger partial charge is 0.507 e. The molecule has 0 aromatic heterocycles. The van der Waals surface area contributed by atoms with Gasteiger partial charge in [0.1, 0.15) is 5.75 Å². The molecule has 10 heteroatoms. The first-order chi connectivity index (χ1) is 12.2. The smallest absolute Gasteiger partial charge is 0.226 e. The fourth-order valence-electron chi connectivity index (χ4n) is 2.99. The van der Waals surface area contributed by atoms with Crippen molar-refractivity contribution in [1.29, 1.82) is 0 Å². The number of fused-ring (bicyclic) bond motifs is 3. The third-order valence-electron chi connectivity index (χ3n) is 4.44. The van der Waals surface area contributed by atoms with Crippen LogP contribution in [0.5, 0.6) is 5.75 Å². The Bertz CT molecular complexity index is 900. The van der Waals surface area contributed by atoms with Gasteiger partial charge >= 0.3 is 0 Å². The summed E-state index contributed by atoms with van der Waals surface area (Å²) >= 11 is 55.3. The molecular formula is C17H9Cl9O. The molecule has 0 heterocycles. The molecule has 0 amide bonds. The van der Waals surface area contributed by atoms with Gasteiger partial charge in [-0.05, 0) is 16.7 Å². The number of halogens is 9. The van der Waals surface area contributed by atoms with Gasteiger partial charge in [-0.1, -0.05) is 141 Å². The number of benzene rings is 2. The van der Waals surface area contributed by atoms with Crippen molar-refractivity contribution in [3.8, 4) is 16.9 Å². The summed E-state index contributed by atoms with van der Waals surface area (Å²) in [5, 5.41) is 10.9. The first-order valence-corrected chi connectivity index (χ1v) is 10.8. The standard InChI is InChI=1S/C17H9Cl9O/c18-14(19,15(20,21)16(22,23)17(24,25)26)12-6-5-10-9-4-2-1-3-8(9)7-11(10)13(12)27/h1-6,27H,7H2. The Hall–Kier alpha value is 0.850. The molecule has 1 aliphatic rings. The first-order valence-electron chi connectivity index (χ1n) is 7.37. The highest BCUT2D eigenvalue weighted by Gasteiger charge is 2.69.